The van der Waals surface area contributed by atoms with Gasteiger partial charge in [0.2, 0.25) is 5.91 Å². The van der Waals surface area contributed by atoms with Gasteiger partial charge in [-0.15, -0.1) is 0 Å². The van der Waals surface area contributed by atoms with E-state index in [-0.39, 0.29) is 23.9 Å². The topological polar surface area (TPSA) is 87.2 Å². The van der Waals surface area contributed by atoms with Crippen molar-refractivity contribution in [3.8, 4) is 0 Å². The molecule has 7 heteroatoms. The lowest BCUT2D eigenvalue weighted by Crippen LogP contribution is -2.36. The van der Waals surface area contributed by atoms with E-state index in [9.17, 15) is 19.5 Å². The van der Waals surface area contributed by atoms with E-state index in [4.69, 9.17) is 4.84 Å². The van der Waals surface area contributed by atoms with Crippen molar-refractivity contribution in [1.29, 1.82) is 0 Å². The van der Waals surface area contributed by atoms with Crippen molar-refractivity contribution in [3.63, 3.8) is 0 Å². The van der Waals surface area contributed by atoms with Crippen molar-refractivity contribution in [3.05, 3.63) is 102 Å². The average Bonchev–Trinajstić information content (AvgIpc) is 3.32. The maximum Gasteiger partial charge on any atom is 0.335 e. The molecule has 0 radical (unpaired) electrons. The maximum absolute atomic E-state index is 13.4. The number of carbonyl (C=O) groups excluding carboxylic acids is 2. The fourth-order valence-corrected chi connectivity index (χ4v) is 4.35. The molecule has 2 aliphatic rings. The summed E-state index contributed by atoms with van der Waals surface area (Å²) in [5.41, 5.74) is 2.42. The molecule has 32 heavy (non-hydrogen) atoms. The quantitative estimate of drug-likeness (QED) is 0.627. The van der Waals surface area contributed by atoms with E-state index < -0.39 is 24.0 Å². The van der Waals surface area contributed by atoms with Crippen LogP contribution < -0.4 is 5.06 Å². The number of rotatable bonds is 5. The molecule has 2 amide bonds. The molecule has 2 aliphatic heterocycles. The highest BCUT2D eigenvalue weighted by Gasteiger charge is 2.59. The lowest BCUT2D eigenvalue weighted by atomic mass is 9.90. The van der Waals surface area contributed by atoms with Crippen molar-refractivity contribution in [2.24, 2.45) is 5.92 Å². The van der Waals surface area contributed by atoms with Crippen molar-refractivity contribution in [1.82, 2.24) is 4.90 Å². The maximum atomic E-state index is 13.4. The van der Waals surface area contributed by atoms with Crippen LogP contribution in [-0.4, -0.2) is 33.9 Å². The van der Waals surface area contributed by atoms with Crippen LogP contribution in [0.4, 0.5) is 5.69 Å². The Hall–Kier alpha value is -3.97. The Labute approximate surface area is 184 Å². The second kappa shape index (κ2) is 7.94. The van der Waals surface area contributed by atoms with Gasteiger partial charge >= 0.3 is 5.97 Å². The number of carbonyl (C=O) groups is 3. The van der Waals surface area contributed by atoms with Gasteiger partial charge < -0.3 is 5.11 Å². The molecular weight excluding hydrogens is 408 g/mol. The van der Waals surface area contributed by atoms with Crippen LogP contribution in [0.2, 0.25) is 0 Å². The van der Waals surface area contributed by atoms with Gasteiger partial charge in [0.05, 0.1) is 23.8 Å². The first-order valence-electron chi connectivity index (χ1n) is 10.3. The molecule has 1 N–H and O–H groups in total. The molecule has 3 aromatic rings. The van der Waals surface area contributed by atoms with Crippen molar-refractivity contribution >= 4 is 23.5 Å². The normalized spacial score (nSPS) is 22.3. The first-order valence-corrected chi connectivity index (χ1v) is 10.3. The standard InChI is InChI=1S/C25H20N2O5/c28-23-20-21(17-11-13-18(14-12-17)25(30)31)27(19-9-5-2-6-10-19)32-22(20)24(29)26(23)15-16-7-3-1-4-8-16/h1-14,20-22H,15H2,(H,30,31)/t20-,21-,22-/m0/s1. The Morgan fingerprint density at radius 3 is 2.09 bits per heavy atom. The summed E-state index contributed by atoms with van der Waals surface area (Å²) < 4.78 is 0. The number of imide groups is 1. The Kier molecular flexibility index (Phi) is 4.95. The van der Waals surface area contributed by atoms with Crippen LogP contribution in [0.1, 0.15) is 27.5 Å². The largest absolute Gasteiger partial charge is 0.478 e. The van der Waals surface area contributed by atoms with Gasteiger partial charge in [-0.2, -0.15) is 0 Å². The Balaban J connectivity index is 1.52. The number of para-hydroxylation sites is 1. The van der Waals surface area contributed by atoms with Crippen LogP contribution in [0.15, 0.2) is 84.9 Å². The van der Waals surface area contributed by atoms with E-state index in [2.05, 4.69) is 0 Å². The van der Waals surface area contributed by atoms with Crippen molar-refractivity contribution in [2.45, 2.75) is 18.7 Å². The number of amides is 2. The molecular formula is C25H20N2O5. The predicted octanol–water partition coefficient (Wildman–Crippen LogP) is 3.43. The molecule has 0 unspecified atom stereocenters. The third-order valence-electron chi connectivity index (χ3n) is 5.90. The number of aromatic carboxylic acids is 1. The second-order valence-electron chi connectivity index (χ2n) is 7.83. The molecule has 0 bridgehead atoms. The molecule has 2 fully saturated rings. The molecule has 7 nitrogen and oxygen atoms in total. The summed E-state index contributed by atoms with van der Waals surface area (Å²) in [4.78, 5) is 45.2. The zero-order valence-corrected chi connectivity index (χ0v) is 17.0. The average molecular weight is 428 g/mol. The van der Waals surface area contributed by atoms with E-state index in [0.717, 1.165) is 5.56 Å². The first kappa shape index (κ1) is 20.0. The molecule has 2 saturated heterocycles. The van der Waals surface area contributed by atoms with Crippen LogP contribution >= 0.6 is 0 Å². The Bertz CT molecular complexity index is 1160. The highest BCUT2D eigenvalue weighted by atomic mass is 16.7. The van der Waals surface area contributed by atoms with Crippen LogP contribution in [-0.2, 0) is 21.0 Å². The van der Waals surface area contributed by atoms with E-state index >= 15 is 0 Å². The fraction of sp³-hybridized carbons (Fsp3) is 0.160. The zero-order chi connectivity index (χ0) is 22.2. The van der Waals surface area contributed by atoms with Crippen LogP contribution in [0, 0.1) is 5.92 Å². The molecule has 3 aromatic carbocycles. The number of benzene rings is 3. The van der Waals surface area contributed by atoms with Gasteiger partial charge in [-0.1, -0.05) is 60.7 Å². The van der Waals surface area contributed by atoms with Gasteiger partial charge in [0.1, 0.15) is 5.92 Å². The summed E-state index contributed by atoms with van der Waals surface area (Å²) in [7, 11) is 0. The third-order valence-corrected chi connectivity index (χ3v) is 5.90. The van der Waals surface area contributed by atoms with E-state index in [1.807, 2.05) is 60.7 Å². The number of carboxylic acids is 1. The van der Waals surface area contributed by atoms with E-state index in [0.29, 0.717) is 11.3 Å². The minimum absolute atomic E-state index is 0.148. The number of nitrogens with zero attached hydrogens (tertiary/aromatic N) is 2. The molecule has 2 heterocycles. The lowest BCUT2D eigenvalue weighted by molar-refractivity contribution is -0.143. The molecule has 0 spiro atoms. The molecule has 3 atom stereocenters. The van der Waals surface area contributed by atoms with Crippen molar-refractivity contribution in [2.75, 3.05) is 5.06 Å². The highest BCUT2D eigenvalue weighted by Crippen LogP contribution is 2.46. The number of carboxylic acid groups (broad SMARTS) is 1. The summed E-state index contributed by atoms with van der Waals surface area (Å²) in [6.07, 6.45) is -0.935. The van der Waals surface area contributed by atoms with Gasteiger partial charge in [0.15, 0.2) is 6.10 Å². The van der Waals surface area contributed by atoms with Crippen molar-refractivity contribution < 1.29 is 24.3 Å². The second-order valence-corrected chi connectivity index (χ2v) is 7.83. The minimum Gasteiger partial charge on any atom is -0.478 e. The van der Waals surface area contributed by atoms with Gasteiger partial charge in [0.25, 0.3) is 5.91 Å². The van der Waals surface area contributed by atoms with Crippen LogP contribution in [0.5, 0.6) is 0 Å². The number of hydrogen-bond donors (Lipinski definition) is 1. The molecule has 160 valence electrons. The highest BCUT2D eigenvalue weighted by molar-refractivity contribution is 6.07. The van der Waals surface area contributed by atoms with Gasteiger partial charge in [-0.25, -0.2) is 9.86 Å². The smallest absolute Gasteiger partial charge is 0.335 e. The predicted molar refractivity (Wildman–Crippen MR) is 115 cm³/mol. The molecule has 0 aromatic heterocycles. The third kappa shape index (κ3) is 3.33. The Morgan fingerprint density at radius 2 is 1.47 bits per heavy atom. The molecule has 0 saturated carbocycles. The van der Waals surface area contributed by atoms with Crippen LogP contribution in [0.25, 0.3) is 0 Å². The summed E-state index contributed by atoms with van der Waals surface area (Å²) in [6, 6.07) is 24.4. The SMILES string of the molecule is O=C(O)c1ccc([C@H]2[C@@H]3C(=O)N(Cc4ccccc4)C(=O)[C@H]3ON2c2ccccc2)cc1. The molecule has 0 aliphatic carbocycles. The summed E-state index contributed by atoms with van der Waals surface area (Å²) >= 11 is 0. The summed E-state index contributed by atoms with van der Waals surface area (Å²) in [5.74, 6) is -2.43. The molecule has 5 rings (SSSR count). The van der Waals surface area contributed by atoms with Gasteiger partial charge in [0, 0.05) is 0 Å². The van der Waals surface area contributed by atoms with Gasteiger partial charge in [-0.05, 0) is 35.4 Å². The number of fused-ring (bicyclic) bond motifs is 1. The number of hydroxylamine groups is 1. The van der Waals surface area contributed by atoms with Gasteiger partial charge in [-0.3, -0.25) is 19.3 Å². The van der Waals surface area contributed by atoms with E-state index in [1.54, 1.807) is 17.2 Å². The monoisotopic (exact) mass is 428 g/mol. The number of hydrogen-bond acceptors (Lipinski definition) is 5. The summed E-state index contributed by atoms with van der Waals surface area (Å²) in [5, 5.41) is 10.8. The van der Waals surface area contributed by atoms with E-state index in [1.165, 1.54) is 17.0 Å². The minimum atomic E-state index is -1.03. The Morgan fingerprint density at radius 1 is 0.844 bits per heavy atom. The number of likely N-dealkylation sites (tertiary alicyclic amines) is 1. The fourth-order valence-electron chi connectivity index (χ4n) is 4.35. The number of anilines is 1. The van der Waals surface area contributed by atoms with Crippen LogP contribution in [0.3, 0.4) is 0 Å². The summed E-state index contributed by atoms with van der Waals surface area (Å²) in [6.45, 7) is 0.185. The first-order chi connectivity index (χ1) is 15.5. The zero-order valence-electron chi connectivity index (χ0n) is 17.0. The lowest BCUT2D eigenvalue weighted by Gasteiger charge is -2.28.